The zero-order valence-electron chi connectivity index (χ0n) is 33.8. The molecule has 55 heavy (non-hydrogen) atoms. The first-order chi connectivity index (χ1) is 26.9. The highest BCUT2D eigenvalue weighted by molar-refractivity contribution is 7.99. The predicted octanol–water partition coefficient (Wildman–Crippen LogP) is 8.85. The lowest BCUT2D eigenvalue weighted by atomic mass is 9.88. The van der Waals surface area contributed by atoms with Crippen molar-refractivity contribution in [3.05, 3.63) is 36.0 Å². The van der Waals surface area contributed by atoms with Crippen molar-refractivity contribution < 1.29 is 47.5 Å². The van der Waals surface area contributed by atoms with Gasteiger partial charge in [-0.05, 0) is 93.6 Å². The second kappa shape index (κ2) is 27.6. The van der Waals surface area contributed by atoms with E-state index in [2.05, 4.69) is 37.3 Å². The van der Waals surface area contributed by atoms with Gasteiger partial charge in [0.1, 0.15) is 19.0 Å². The molecule has 0 aromatic heterocycles. The van der Waals surface area contributed by atoms with Crippen LogP contribution >= 0.6 is 11.8 Å². The van der Waals surface area contributed by atoms with E-state index in [9.17, 15) is 14.4 Å². The standard InChI is InChI=1S/C44H70O10S/c1-3-4-5-6-7-8-17-41(46)49-26-27-50-42(47)18-14-28-55-29-23-37-38(40(32-39(37)45)54-44-20-10-12-25-52-44)22-21-36(53-43-19-9-11-24-51-43)31-34-15-13-16-35(30-34)33-48-2/h13,16,21-22,30,34,36-38,40,43-44H,3-12,14-15,17-20,23-29,31-33H2,1-2H3/b22-21+/t34?,36-,37-,38-,40-,43?,44?/m1/s1. The number of ether oxygens (including phenoxy) is 7. The maximum absolute atomic E-state index is 13.6. The van der Waals surface area contributed by atoms with Gasteiger partial charge in [-0.1, -0.05) is 69.4 Å². The van der Waals surface area contributed by atoms with Crippen LogP contribution in [0.2, 0.25) is 0 Å². The van der Waals surface area contributed by atoms with Gasteiger partial charge in [-0.2, -0.15) is 11.8 Å². The van der Waals surface area contributed by atoms with Crippen molar-refractivity contribution in [3.63, 3.8) is 0 Å². The molecule has 2 saturated heterocycles. The minimum absolute atomic E-state index is 0.0716. The van der Waals surface area contributed by atoms with Crippen LogP contribution in [0.15, 0.2) is 36.0 Å². The molecule has 0 bridgehead atoms. The van der Waals surface area contributed by atoms with Gasteiger partial charge in [0.15, 0.2) is 12.6 Å². The Morgan fingerprint density at radius 2 is 1.62 bits per heavy atom. The topological polar surface area (TPSA) is 116 Å². The van der Waals surface area contributed by atoms with Crippen LogP contribution in [0.4, 0.5) is 0 Å². The maximum atomic E-state index is 13.6. The van der Waals surface area contributed by atoms with E-state index >= 15 is 0 Å². The molecule has 0 aromatic carbocycles. The van der Waals surface area contributed by atoms with Crippen LogP contribution in [0.3, 0.4) is 0 Å². The molecular weight excluding hydrogens is 721 g/mol. The van der Waals surface area contributed by atoms with Crippen LogP contribution in [0.5, 0.6) is 0 Å². The molecule has 2 heterocycles. The summed E-state index contributed by atoms with van der Waals surface area (Å²) in [5.74, 6) is 1.45. The van der Waals surface area contributed by atoms with Gasteiger partial charge in [0.2, 0.25) is 0 Å². The lowest BCUT2D eigenvalue weighted by molar-refractivity contribution is -0.192. The molecule has 0 aromatic rings. The average molecular weight is 791 g/mol. The summed E-state index contributed by atoms with van der Waals surface area (Å²) in [6, 6.07) is 0. The summed E-state index contributed by atoms with van der Waals surface area (Å²) in [4.78, 5) is 37.7. The molecule has 4 rings (SSSR count). The fourth-order valence-corrected chi connectivity index (χ4v) is 8.82. The predicted molar refractivity (Wildman–Crippen MR) is 216 cm³/mol. The fourth-order valence-electron chi connectivity index (χ4n) is 7.85. The Labute approximate surface area is 335 Å². The third-order valence-corrected chi connectivity index (χ3v) is 11.9. The summed E-state index contributed by atoms with van der Waals surface area (Å²) in [6.07, 6.45) is 27.2. The SMILES string of the molecule is CCCCCCCCC(=O)OCCOC(=O)CCCSCC[C@H]1C(=O)C[C@@H](OC2CCCCO2)[C@@H]1/C=C/[C@H](CC1C=C(COC)C=CC1)OC1CCCCO1. The zero-order chi connectivity index (χ0) is 38.9. The summed E-state index contributed by atoms with van der Waals surface area (Å²) in [5, 5.41) is 0. The third kappa shape index (κ3) is 18.4. The lowest BCUT2D eigenvalue weighted by Gasteiger charge is -2.30. The summed E-state index contributed by atoms with van der Waals surface area (Å²) in [7, 11) is 1.72. The number of rotatable bonds is 27. The molecule has 10 nitrogen and oxygen atoms in total. The van der Waals surface area contributed by atoms with E-state index in [1.807, 2.05) is 0 Å². The van der Waals surface area contributed by atoms with E-state index < -0.39 is 0 Å². The molecule has 11 heteroatoms. The molecular formula is C44H70O10S. The normalized spacial score (nSPS) is 26.3. The number of carbonyl (C=O) groups is 3. The molecule has 2 aliphatic carbocycles. The summed E-state index contributed by atoms with van der Waals surface area (Å²) < 4.78 is 40.9. The van der Waals surface area contributed by atoms with E-state index in [4.69, 9.17) is 33.2 Å². The average Bonchev–Trinajstić information content (AvgIpc) is 3.48. The molecule has 0 amide bonds. The van der Waals surface area contributed by atoms with Gasteiger partial charge in [0, 0.05) is 51.4 Å². The van der Waals surface area contributed by atoms with Crippen LogP contribution in [0, 0.1) is 17.8 Å². The molecule has 3 fully saturated rings. The number of carbonyl (C=O) groups excluding carboxylic acids is 3. The molecule has 312 valence electrons. The lowest BCUT2D eigenvalue weighted by Crippen LogP contribution is -2.31. The molecule has 0 radical (unpaired) electrons. The van der Waals surface area contributed by atoms with E-state index in [1.165, 1.54) is 24.8 Å². The molecule has 4 aliphatic rings. The Morgan fingerprint density at radius 1 is 0.909 bits per heavy atom. The summed E-state index contributed by atoms with van der Waals surface area (Å²) in [5.41, 5.74) is 1.18. The highest BCUT2D eigenvalue weighted by atomic mass is 32.2. The smallest absolute Gasteiger partial charge is 0.305 e. The van der Waals surface area contributed by atoms with Crippen LogP contribution in [0.25, 0.3) is 0 Å². The number of hydrogen-bond acceptors (Lipinski definition) is 11. The molecule has 1 saturated carbocycles. The van der Waals surface area contributed by atoms with Crippen LogP contribution in [-0.4, -0.2) is 94.2 Å². The number of thioether (sulfide) groups is 1. The largest absolute Gasteiger partial charge is 0.462 e. The summed E-state index contributed by atoms with van der Waals surface area (Å²) in [6.45, 7) is 4.38. The zero-order valence-corrected chi connectivity index (χ0v) is 34.6. The highest BCUT2D eigenvalue weighted by Gasteiger charge is 2.42. The van der Waals surface area contributed by atoms with Gasteiger partial charge < -0.3 is 33.2 Å². The first-order valence-corrected chi connectivity index (χ1v) is 22.6. The number of ketones is 1. The monoisotopic (exact) mass is 790 g/mol. The number of methoxy groups -OCH3 is 1. The Morgan fingerprint density at radius 3 is 2.33 bits per heavy atom. The fraction of sp³-hybridized carbons (Fsp3) is 0.795. The number of unbranched alkanes of at least 4 members (excludes halogenated alkanes) is 5. The number of Topliss-reactive ketones (excluding diaryl/α,β-unsaturated/α-hetero) is 1. The van der Waals surface area contributed by atoms with Crippen molar-refractivity contribution in [2.75, 3.05) is 51.6 Å². The van der Waals surface area contributed by atoms with E-state index in [1.54, 1.807) is 18.9 Å². The van der Waals surface area contributed by atoms with Crippen molar-refractivity contribution in [2.45, 2.75) is 154 Å². The molecule has 0 spiro atoms. The van der Waals surface area contributed by atoms with Crippen molar-refractivity contribution in [1.29, 1.82) is 0 Å². The summed E-state index contributed by atoms with van der Waals surface area (Å²) >= 11 is 1.76. The van der Waals surface area contributed by atoms with Crippen LogP contribution in [-0.2, 0) is 47.5 Å². The second-order valence-electron chi connectivity index (χ2n) is 15.5. The van der Waals surface area contributed by atoms with Gasteiger partial charge in [-0.25, -0.2) is 0 Å². The van der Waals surface area contributed by atoms with Crippen LogP contribution in [0.1, 0.15) is 129 Å². The van der Waals surface area contributed by atoms with Crippen molar-refractivity contribution in [2.24, 2.45) is 17.8 Å². The highest BCUT2D eigenvalue weighted by Crippen LogP contribution is 2.38. The van der Waals surface area contributed by atoms with Gasteiger partial charge in [0.25, 0.3) is 0 Å². The molecule has 2 aliphatic heterocycles. The minimum Gasteiger partial charge on any atom is -0.462 e. The number of allylic oxidation sites excluding steroid dienone is 2. The van der Waals surface area contributed by atoms with Crippen LogP contribution < -0.4 is 0 Å². The van der Waals surface area contributed by atoms with E-state index in [0.29, 0.717) is 44.8 Å². The first kappa shape index (κ1) is 45.7. The third-order valence-electron chi connectivity index (χ3n) is 10.8. The number of hydrogen-bond donors (Lipinski definition) is 0. The molecule has 3 unspecified atom stereocenters. The van der Waals surface area contributed by atoms with E-state index in [-0.39, 0.29) is 67.6 Å². The minimum atomic E-state index is -0.279. The quantitative estimate of drug-likeness (QED) is 0.0452. The first-order valence-electron chi connectivity index (χ1n) is 21.5. The Bertz CT molecular complexity index is 1190. The maximum Gasteiger partial charge on any atom is 0.305 e. The van der Waals surface area contributed by atoms with Crippen molar-refractivity contribution in [1.82, 2.24) is 0 Å². The second-order valence-corrected chi connectivity index (χ2v) is 16.7. The van der Waals surface area contributed by atoms with Gasteiger partial charge in [-0.3, -0.25) is 14.4 Å². The molecule has 7 atom stereocenters. The Balaban J connectivity index is 1.23. The van der Waals surface area contributed by atoms with Crippen molar-refractivity contribution in [3.8, 4) is 0 Å². The Kier molecular flexibility index (Phi) is 22.9. The van der Waals surface area contributed by atoms with E-state index in [0.717, 1.165) is 95.2 Å². The molecule has 0 N–H and O–H groups in total. The van der Waals surface area contributed by atoms with Crippen molar-refractivity contribution >= 4 is 29.5 Å². The Hall–Kier alpha value is -2.02. The van der Waals surface area contributed by atoms with Gasteiger partial charge in [0.05, 0.1) is 18.8 Å². The van der Waals surface area contributed by atoms with Gasteiger partial charge in [-0.15, -0.1) is 0 Å². The number of esters is 2. The van der Waals surface area contributed by atoms with Gasteiger partial charge >= 0.3 is 11.9 Å².